The molecule has 0 heterocycles. The van der Waals surface area contributed by atoms with Gasteiger partial charge in [-0.2, -0.15) is 0 Å². The van der Waals surface area contributed by atoms with Gasteiger partial charge in [0.2, 0.25) is 0 Å². The molecule has 0 bridgehead atoms. The molecule has 64 valence electrons. The summed E-state index contributed by atoms with van der Waals surface area (Å²) in [5, 5.41) is 0. The molecule has 1 nitrogen and oxygen atoms in total. The molecule has 1 aromatic rings. The molecule has 1 aromatic carbocycles. The van der Waals surface area contributed by atoms with Crippen LogP contribution in [0.2, 0.25) is 0 Å². The van der Waals surface area contributed by atoms with E-state index in [0.717, 1.165) is 23.2 Å². The van der Waals surface area contributed by atoms with E-state index in [9.17, 15) is 0 Å². The third-order valence-electron chi connectivity index (χ3n) is 2.00. The van der Waals surface area contributed by atoms with Crippen molar-refractivity contribution in [2.45, 2.75) is 17.7 Å². The van der Waals surface area contributed by atoms with Crippen LogP contribution in [0.1, 0.15) is 12.8 Å². The number of rotatable bonds is 3. The van der Waals surface area contributed by atoms with Gasteiger partial charge in [0.1, 0.15) is 5.75 Å². The lowest BCUT2D eigenvalue weighted by Gasteiger charge is -2.04. The first kappa shape index (κ1) is 7.99. The molecule has 0 aliphatic heterocycles. The Hall–Kier alpha value is -0.630. The highest BCUT2D eigenvalue weighted by molar-refractivity contribution is 7.80. The van der Waals surface area contributed by atoms with Crippen LogP contribution in [0, 0.1) is 5.92 Å². The Bertz CT molecular complexity index is 268. The zero-order chi connectivity index (χ0) is 8.39. The first-order valence-corrected chi connectivity index (χ1v) is 4.71. The van der Waals surface area contributed by atoms with Crippen LogP contribution in [0.15, 0.2) is 29.2 Å². The SMILES string of the molecule is Sc1cccc(OCC2CC2)c1. The summed E-state index contributed by atoms with van der Waals surface area (Å²) in [4.78, 5) is 0.961. The molecule has 1 saturated carbocycles. The summed E-state index contributed by atoms with van der Waals surface area (Å²) in [7, 11) is 0. The van der Waals surface area contributed by atoms with Crippen molar-refractivity contribution in [1.82, 2.24) is 0 Å². The fourth-order valence-electron chi connectivity index (χ4n) is 1.07. The summed E-state index contributed by atoms with van der Waals surface area (Å²) in [6.07, 6.45) is 2.67. The Balaban J connectivity index is 1.92. The fourth-order valence-corrected chi connectivity index (χ4v) is 1.29. The Morgan fingerprint density at radius 2 is 2.25 bits per heavy atom. The van der Waals surface area contributed by atoms with Gasteiger partial charge in [0.05, 0.1) is 6.61 Å². The highest BCUT2D eigenvalue weighted by atomic mass is 32.1. The second-order valence-corrected chi connectivity index (χ2v) is 3.77. The highest BCUT2D eigenvalue weighted by Gasteiger charge is 2.21. The van der Waals surface area contributed by atoms with Crippen molar-refractivity contribution in [2.24, 2.45) is 5.92 Å². The predicted octanol–water partition coefficient (Wildman–Crippen LogP) is 2.76. The predicted molar refractivity (Wildman–Crippen MR) is 51.9 cm³/mol. The summed E-state index contributed by atoms with van der Waals surface area (Å²) in [6, 6.07) is 7.84. The molecule has 0 spiro atoms. The highest BCUT2D eigenvalue weighted by Crippen LogP contribution is 2.29. The van der Waals surface area contributed by atoms with Crippen LogP contribution < -0.4 is 4.74 Å². The maximum atomic E-state index is 5.56. The fraction of sp³-hybridized carbons (Fsp3) is 0.400. The largest absolute Gasteiger partial charge is 0.493 e. The van der Waals surface area contributed by atoms with Gasteiger partial charge in [-0.25, -0.2) is 0 Å². The molecule has 0 radical (unpaired) electrons. The molecule has 0 atom stereocenters. The number of hydrogen-bond donors (Lipinski definition) is 1. The minimum Gasteiger partial charge on any atom is -0.493 e. The van der Waals surface area contributed by atoms with Gasteiger partial charge in [0.25, 0.3) is 0 Å². The Morgan fingerprint density at radius 1 is 1.42 bits per heavy atom. The summed E-state index contributed by atoms with van der Waals surface area (Å²) in [5.74, 6) is 1.75. The summed E-state index contributed by atoms with van der Waals surface area (Å²) < 4.78 is 5.56. The number of hydrogen-bond acceptors (Lipinski definition) is 2. The molecule has 2 rings (SSSR count). The maximum Gasteiger partial charge on any atom is 0.120 e. The van der Waals surface area contributed by atoms with Crippen LogP contribution in [0.3, 0.4) is 0 Å². The van der Waals surface area contributed by atoms with Crippen molar-refractivity contribution >= 4 is 12.6 Å². The molecular formula is C10H12OS. The Morgan fingerprint density at radius 3 is 2.92 bits per heavy atom. The lowest BCUT2D eigenvalue weighted by molar-refractivity contribution is 0.299. The first-order chi connectivity index (χ1) is 5.84. The van der Waals surface area contributed by atoms with Crippen LogP contribution in [-0.4, -0.2) is 6.61 Å². The summed E-state index contributed by atoms with van der Waals surface area (Å²) >= 11 is 4.23. The third-order valence-corrected chi connectivity index (χ3v) is 2.28. The van der Waals surface area contributed by atoms with Gasteiger partial charge in [0, 0.05) is 4.90 Å². The van der Waals surface area contributed by atoms with Gasteiger partial charge in [0.15, 0.2) is 0 Å². The quantitative estimate of drug-likeness (QED) is 0.704. The molecule has 0 aromatic heterocycles. The monoisotopic (exact) mass is 180 g/mol. The average molecular weight is 180 g/mol. The van der Waals surface area contributed by atoms with Gasteiger partial charge in [-0.1, -0.05) is 6.07 Å². The molecule has 0 amide bonds. The van der Waals surface area contributed by atoms with Gasteiger partial charge in [-0.05, 0) is 37.0 Å². The minimum atomic E-state index is 0.813. The molecule has 0 unspecified atom stereocenters. The van der Waals surface area contributed by atoms with E-state index in [0.29, 0.717) is 0 Å². The van der Waals surface area contributed by atoms with Crippen LogP contribution in [-0.2, 0) is 0 Å². The second kappa shape index (κ2) is 3.40. The van der Waals surface area contributed by atoms with Crippen LogP contribution in [0.25, 0.3) is 0 Å². The van der Waals surface area contributed by atoms with E-state index in [-0.39, 0.29) is 0 Å². The molecular weight excluding hydrogens is 168 g/mol. The van der Waals surface area contributed by atoms with Gasteiger partial charge >= 0.3 is 0 Å². The van der Waals surface area contributed by atoms with E-state index in [4.69, 9.17) is 4.74 Å². The summed E-state index contributed by atoms with van der Waals surface area (Å²) in [6.45, 7) is 0.872. The molecule has 12 heavy (non-hydrogen) atoms. The normalized spacial score (nSPS) is 16.1. The van der Waals surface area contributed by atoms with Crippen LogP contribution in [0.4, 0.5) is 0 Å². The molecule has 1 aliphatic carbocycles. The molecule has 0 saturated heterocycles. The number of thiol groups is 1. The van der Waals surface area contributed by atoms with Gasteiger partial charge in [-0.15, -0.1) is 12.6 Å². The zero-order valence-corrected chi connectivity index (χ0v) is 7.76. The first-order valence-electron chi connectivity index (χ1n) is 4.26. The zero-order valence-electron chi connectivity index (χ0n) is 6.86. The van der Waals surface area contributed by atoms with Crippen LogP contribution in [0.5, 0.6) is 5.75 Å². The van der Waals surface area contributed by atoms with Crippen LogP contribution >= 0.6 is 12.6 Å². The van der Waals surface area contributed by atoms with E-state index in [1.165, 1.54) is 12.8 Å². The number of ether oxygens (including phenoxy) is 1. The average Bonchev–Trinajstić information content (AvgIpc) is 2.84. The minimum absolute atomic E-state index is 0.813. The van der Waals surface area contributed by atoms with Crippen molar-refractivity contribution in [2.75, 3.05) is 6.61 Å². The van der Waals surface area contributed by atoms with E-state index >= 15 is 0 Å². The smallest absolute Gasteiger partial charge is 0.120 e. The maximum absolute atomic E-state index is 5.56. The van der Waals surface area contributed by atoms with Crippen molar-refractivity contribution in [3.63, 3.8) is 0 Å². The second-order valence-electron chi connectivity index (χ2n) is 3.25. The van der Waals surface area contributed by atoms with Gasteiger partial charge < -0.3 is 4.74 Å². The van der Waals surface area contributed by atoms with E-state index in [2.05, 4.69) is 12.6 Å². The van der Waals surface area contributed by atoms with Crippen molar-refractivity contribution in [1.29, 1.82) is 0 Å². The summed E-state index contributed by atoms with van der Waals surface area (Å²) in [5.41, 5.74) is 0. The van der Waals surface area contributed by atoms with E-state index in [1.807, 2.05) is 24.3 Å². The topological polar surface area (TPSA) is 9.23 Å². The van der Waals surface area contributed by atoms with E-state index < -0.39 is 0 Å². The third kappa shape index (κ3) is 2.18. The van der Waals surface area contributed by atoms with Gasteiger partial charge in [-0.3, -0.25) is 0 Å². The molecule has 2 heteroatoms. The number of benzene rings is 1. The molecule has 0 N–H and O–H groups in total. The standard InChI is InChI=1S/C10H12OS/c12-10-3-1-2-9(6-10)11-7-8-4-5-8/h1-3,6,8,12H,4-5,7H2. The van der Waals surface area contributed by atoms with Crippen molar-refractivity contribution in [3.05, 3.63) is 24.3 Å². The molecule has 1 aliphatic rings. The lowest BCUT2D eigenvalue weighted by atomic mass is 10.3. The van der Waals surface area contributed by atoms with E-state index in [1.54, 1.807) is 0 Å². The van der Waals surface area contributed by atoms with Crippen molar-refractivity contribution in [3.8, 4) is 5.75 Å². The Kier molecular flexibility index (Phi) is 2.26. The Labute approximate surface area is 78.2 Å². The van der Waals surface area contributed by atoms with Crippen molar-refractivity contribution < 1.29 is 4.74 Å². The lowest BCUT2D eigenvalue weighted by Crippen LogP contribution is -1.98. The molecule has 1 fully saturated rings.